The summed E-state index contributed by atoms with van der Waals surface area (Å²) in [6.45, 7) is 5.72. The normalized spacial score (nSPS) is 17.6. The highest BCUT2D eigenvalue weighted by Gasteiger charge is 2.25. The highest BCUT2D eigenvalue weighted by atomic mass is 16.5. The van der Waals surface area contributed by atoms with E-state index in [0.717, 1.165) is 31.7 Å². The lowest BCUT2D eigenvalue weighted by Crippen LogP contribution is -2.44. The van der Waals surface area contributed by atoms with E-state index in [2.05, 4.69) is 6.92 Å². The van der Waals surface area contributed by atoms with Gasteiger partial charge >= 0.3 is 0 Å². The van der Waals surface area contributed by atoms with E-state index in [4.69, 9.17) is 9.47 Å². The van der Waals surface area contributed by atoms with Crippen molar-refractivity contribution >= 4 is 5.91 Å². The number of piperidine rings is 1. The van der Waals surface area contributed by atoms with E-state index in [1.807, 2.05) is 23.1 Å². The van der Waals surface area contributed by atoms with Crippen LogP contribution in [0.2, 0.25) is 0 Å². The summed E-state index contributed by atoms with van der Waals surface area (Å²) in [7, 11) is 1.61. The molecule has 0 N–H and O–H groups in total. The number of hydrogen-bond acceptors (Lipinski definition) is 3. The molecular formula is C16H23NO3. The quantitative estimate of drug-likeness (QED) is 0.849. The molecule has 110 valence electrons. The maximum absolute atomic E-state index is 12.3. The lowest BCUT2D eigenvalue weighted by Gasteiger charge is -2.32. The summed E-state index contributed by atoms with van der Waals surface area (Å²) in [6.07, 6.45) is 1.70. The van der Waals surface area contributed by atoms with Crippen molar-refractivity contribution in [3.8, 4) is 11.5 Å². The first-order chi connectivity index (χ1) is 9.60. The van der Waals surface area contributed by atoms with Gasteiger partial charge in [0.2, 0.25) is 0 Å². The van der Waals surface area contributed by atoms with E-state index < -0.39 is 6.10 Å². The van der Waals surface area contributed by atoms with E-state index in [1.165, 1.54) is 0 Å². The largest absolute Gasteiger partial charge is 0.497 e. The second-order valence-electron chi connectivity index (χ2n) is 5.45. The number of likely N-dealkylation sites (tertiary alicyclic amines) is 1. The predicted molar refractivity (Wildman–Crippen MR) is 78.1 cm³/mol. The molecule has 1 amide bonds. The number of hydrogen-bond donors (Lipinski definition) is 0. The minimum absolute atomic E-state index is 0.0692. The summed E-state index contributed by atoms with van der Waals surface area (Å²) < 4.78 is 10.9. The molecule has 0 bridgehead atoms. The monoisotopic (exact) mass is 277 g/mol. The van der Waals surface area contributed by atoms with Crippen LogP contribution in [0.3, 0.4) is 0 Å². The average molecular weight is 277 g/mol. The van der Waals surface area contributed by atoms with Gasteiger partial charge < -0.3 is 14.4 Å². The van der Waals surface area contributed by atoms with Crippen LogP contribution in [0.1, 0.15) is 26.7 Å². The van der Waals surface area contributed by atoms with Crippen LogP contribution in [-0.2, 0) is 4.79 Å². The Labute approximate surface area is 120 Å². The van der Waals surface area contributed by atoms with Crippen LogP contribution in [0, 0.1) is 5.92 Å². The highest BCUT2D eigenvalue weighted by Crippen LogP contribution is 2.21. The number of rotatable bonds is 4. The van der Waals surface area contributed by atoms with Crippen molar-refractivity contribution in [2.45, 2.75) is 32.8 Å². The second-order valence-corrected chi connectivity index (χ2v) is 5.45. The van der Waals surface area contributed by atoms with Crippen molar-refractivity contribution in [1.82, 2.24) is 4.90 Å². The Hall–Kier alpha value is -1.71. The maximum atomic E-state index is 12.3. The zero-order valence-corrected chi connectivity index (χ0v) is 12.5. The van der Waals surface area contributed by atoms with Crippen molar-refractivity contribution in [3.63, 3.8) is 0 Å². The zero-order chi connectivity index (χ0) is 14.5. The summed E-state index contributed by atoms with van der Waals surface area (Å²) in [5.41, 5.74) is 0. The van der Waals surface area contributed by atoms with E-state index >= 15 is 0 Å². The van der Waals surface area contributed by atoms with Gasteiger partial charge in [-0.25, -0.2) is 0 Å². The fraction of sp³-hybridized carbons (Fsp3) is 0.562. The first kappa shape index (κ1) is 14.7. The number of nitrogens with zero attached hydrogens (tertiary/aromatic N) is 1. The molecule has 0 unspecified atom stereocenters. The Bertz CT molecular complexity index is 453. The molecule has 1 heterocycles. The van der Waals surface area contributed by atoms with Gasteiger partial charge in [-0.15, -0.1) is 0 Å². The second kappa shape index (κ2) is 6.64. The van der Waals surface area contributed by atoms with Gasteiger partial charge in [0.25, 0.3) is 5.91 Å². The summed E-state index contributed by atoms with van der Waals surface area (Å²) in [5.74, 6) is 2.18. The van der Waals surface area contributed by atoms with Crippen LogP contribution in [-0.4, -0.2) is 37.1 Å². The molecule has 1 aromatic carbocycles. The topological polar surface area (TPSA) is 38.8 Å². The third-order valence-corrected chi connectivity index (χ3v) is 3.80. The molecule has 0 aromatic heterocycles. The number of amides is 1. The maximum Gasteiger partial charge on any atom is 0.263 e. The van der Waals surface area contributed by atoms with Gasteiger partial charge in [-0.05, 0) is 37.8 Å². The van der Waals surface area contributed by atoms with Crippen molar-refractivity contribution in [3.05, 3.63) is 24.3 Å². The molecule has 1 fully saturated rings. The molecule has 1 aliphatic rings. The van der Waals surface area contributed by atoms with Crippen LogP contribution in [0.5, 0.6) is 11.5 Å². The van der Waals surface area contributed by atoms with Gasteiger partial charge in [-0.3, -0.25) is 4.79 Å². The Balaban J connectivity index is 1.93. The summed E-state index contributed by atoms with van der Waals surface area (Å²) >= 11 is 0. The highest BCUT2D eigenvalue weighted by molar-refractivity contribution is 5.81. The molecule has 20 heavy (non-hydrogen) atoms. The molecule has 0 radical (unpaired) electrons. The van der Waals surface area contributed by atoms with Crippen LogP contribution in [0.4, 0.5) is 0 Å². The average Bonchev–Trinajstić information content (AvgIpc) is 2.47. The van der Waals surface area contributed by atoms with E-state index in [1.54, 1.807) is 20.1 Å². The molecule has 4 nitrogen and oxygen atoms in total. The Morgan fingerprint density at radius 1 is 1.30 bits per heavy atom. The molecule has 0 saturated carbocycles. The van der Waals surface area contributed by atoms with Crippen LogP contribution in [0.25, 0.3) is 0 Å². The molecule has 2 rings (SSSR count). The Kier molecular flexibility index (Phi) is 4.88. The smallest absolute Gasteiger partial charge is 0.263 e. The molecule has 1 aliphatic heterocycles. The van der Waals surface area contributed by atoms with Crippen LogP contribution >= 0.6 is 0 Å². The van der Waals surface area contributed by atoms with Crippen molar-refractivity contribution in [1.29, 1.82) is 0 Å². The minimum Gasteiger partial charge on any atom is -0.497 e. The summed E-state index contributed by atoms with van der Waals surface area (Å²) in [6, 6.07) is 7.34. The Morgan fingerprint density at radius 2 is 1.95 bits per heavy atom. The van der Waals surface area contributed by atoms with Gasteiger partial charge in [0.1, 0.15) is 11.5 Å². The number of benzene rings is 1. The van der Waals surface area contributed by atoms with Gasteiger partial charge in [-0.1, -0.05) is 13.0 Å². The lowest BCUT2D eigenvalue weighted by atomic mass is 9.99. The zero-order valence-electron chi connectivity index (χ0n) is 12.5. The third kappa shape index (κ3) is 3.65. The fourth-order valence-electron chi connectivity index (χ4n) is 2.42. The fourth-order valence-corrected chi connectivity index (χ4v) is 2.42. The molecule has 0 spiro atoms. The molecule has 4 heteroatoms. The molecule has 1 saturated heterocycles. The lowest BCUT2D eigenvalue weighted by molar-refractivity contribution is -0.139. The predicted octanol–water partition coefficient (Wildman–Crippen LogP) is 2.72. The van der Waals surface area contributed by atoms with Crippen molar-refractivity contribution in [2.75, 3.05) is 20.2 Å². The summed E-state index contributed by atoms with van der Waals surface area (Å²) in [5, 5.41) is 0. The van der Waals surface area contributed by atoms with E-state index in [0.29, 0.717) is 11.7 Å². The van der Waals surface area contributed by atoms with Gasteiger partial charge in [0.15, 0.2) is 6.10 Å². The standard InChI is InChI=1S/C16H23NO3/c1-12-7-9-17(10-8-12)16(18)13(2)20-15-6-4-5-14(11-15)19-3/h4-6,11-13H,7-10H2,1-3H3/t13-/m1/s1. The van der Waals surface area contributed by atoms with Crippen LogP contribution < -0.4 is 9.47 Å². The van der Waals surface area contributed by atoms with Gasteiger partial charge in [-0.2, -0.15) is 0 Å². The van der Waals surface area contributed by atoms with Gasteiger partial charge in [0, 0.05) is 19.2 Å². The molecule has 1 aromatic rings. The Morgan fingerprint density at radius 3 is 2.60 bits per heavy atom. The van der Waals surface area contributed by atoms with E-state index in [-0.39, 0.29) is 5.91 Å². The summed E-state index contributed by atoms with van der Waals surface area (Å²) in [4.78, 5) is 14.2. The third-order valence-electron chi connectivity index (χ3n) is 3.80. The van der Waals surface area contributed by atoms with E-state index in [9.17, 15) is 4.79 Å². The van der Waals surface area contributed by atoms with Gasteiger partial charge in [0.05, 0.1) is 7.11 Å². The number of carbonyl (C=O) groups is 1. The first-order valence-electron chi connectivity index (χ1n) is 7.19. The molecular weight excluding hydrogens is 254 g/mol. The van der Waals surface area contributed by atoms with Crippen molar-refractivity contribution < 1.29 is 14.3 Å². The number of methoxy groups -OCH3 is 1. The first-order valence-corrected chi connectivity index (χ1v) is 7.19. The SMILES string of the molecule is COc1cccc(O[C@H](C)C(=O)N2CCC(C)CC2)c1. The minimum atomic E-state index is -0.462. The molecule has 0 aliphatic carbocycles. The number of ether oxygens (including phenoxy) is 2. The van der Waals surface area contributed by atoms with Crippen LogP contribution in [0.15, 0.2) is 24.3 Å². The number of carbonyl (C=O) groups excluding carboxylic acids is 1. The molecule has 1 atom stereocenters. The van der Waals surface area contributed by atoms with Crippen molar-refractivity contribution in [2.24, 2.45) is 5.92 Å².